The van der Waals surface area contributed by atoms with Gasteiger partial charge in [0.15, 0.2) is 7.14 Å². The number of benzene rings is 4. The van der Waals surface area contributed by atoms with Crippen molar-refractivity contribution in [1.82, 2.24) is 4.98 Å². The number of nitrogens with zero attached hydrogens (tertiary/aromatic N) is 1. The van der Waals surface area contributed by atoms with Crippen LogP contribution in [0.5, 0.6) is 0 Å². The molecular formula is C28H22NOP. The van der Waals surface area contributed by atoms with Crippen LogP contribution in [-0.2, 0) is 4.57 Å². The van der Waals surface area contributed by atoms with E-state index in [1.807, 2.05) is 91.0 Å². The molecule has 5 aromatic rings. The van der Waals surface area contributed by atoms with Gasteiger partial charge in [0.25, 0.3) is 0 Å². The molecule has 3 heteroatoms. The summed E-state index contributed by atoms with van der Waals surface area (Å²) in [5.74, 6) is 0. The number of fused-ring (bicyclic) bond motifs is 1. The average molecular weight is 419 g/mol. The zero-order chi connectivity index (χ0) is 21.3. The average Bonchev–Trinajstić information content (AvgIpc) is 2.84. The molecular weight excluding hydrogens is 397 g/mol. The fourth-order valence-corrected chi connectivity index (χ4v) is 6.76. The third kappa shape index (κ3) is 3.50. The van der Waals surface area contributed by atoms with E-state index in [2.05, 4.69) is 31.2 Å². The molecule has 0 aliphatic carbocycles. The molecule has 5 rings (SSSR count). The van der Waals surface area contributed by atoms with Gasteiger partial charge in [0.1, 0.15) is 5.44 Å². The van der Waals surface area contributed by atoms with Crippen LogP contribution < -0.4 is 16.0 Å². The molecule has 4 aromatic carbocycles. The molecule has 0 amide bonds. The zero-order valence-electron chi connectivity index (χ0n) is 17.3. The monoisotopic (exact) mass is 419 g/mol. The number of aryl methyl sites for hydroxylation is 1. The van der Waals surface area contributed by atoms with Crippen LogP contribution in [0.3, 0.4) is 0 Å². The van der Waals surface area contributed by atoms with Crippen LogP contribution in [0.2, 0.25) is 0 Å². The van der Waals surface area contributed by atoms with E-state index in [4.69, 9.17) is 4.98 Å². The van der Waals surface area contributed by atoms with Crippen LogP contribution >= 0.6 is 7.14 Å². The van der Waals surface area contributed by atoms with E-state index in [1.165, 1.54) is 0 Å². The van der Waals surface area contributed by atoms with E-state index in [1.54, 1.807) is 0 Å². The SMILES string of the molecule is Cc1ccc2cc(-c3ccccc3)nc(P(=O)(c3ccccc3)c3ccccc3)c2c1. The fourth-order valence-electron chi connectivity index (χ4n) is 4.01. The summed E-state index contributed by atoms with van der Waals surface area (Å²) in [5.41, 5.74) is 3.61. The first-order valence-corrected chi connectivity index (χ1v) is 12.1. The smallest absolute Gasteiger partial charge is 0.189 e. The second-order valence-corrected chi connectivity index (χ2v) is 10.4. The van der Waals surface area contributed by atoms with Gasteiger partial charge in [-0.25, -0.2) is 4.98 Å². The van der Waals surface area contributed by atoms with Crippen LogP contribution in [0.15, 0.2) is 115 Å². The van der Waals surface area contributed by atoms with Crippen molar-refractivity contribution in [1.29, 1.82) is 0 Å². The molecule has 0 fully saturated rings. The van der Waals surface area contributed by atoms with Gasteiger partial charge in [-0.1, -0.05) is 109 Å². The van der Waals surface area contributed by atoms with Crippen LogP contribution in [0.25, 0.3) is 22.0 Å². The Morgan fingerprint density at radius 1 is 0.645 bits per heavy atom. The van der Waals surface area contributed by atoms with Gasteiger partial charge < -0.3 is 4.57 Å². The maximum absolute atomic E-state index is 15.1. The molecule has 1 aromatic heterocycles. The van der Waals surface area contributed by atoms with Crippen molar-refractivity contribution in [3.05, 3.63) is 121 Å². The van der Waals surface area contributed by atoms with Gasteiger partial charge >= 0.3 is 0 Å². The number of rotatable bonds is 4. The Kier molecular flexibility index (Phi) is 5.02. The van der Waals surface area contributed by atoms with Gasteiger partial charge in [-0.2, -0.15) is 0 Å². The van der Waals surface area contributed by atoms with Crippen LogP contribution in [0.4, 0.5) is 0 Å². The van der Waals surface area contributed by atoms with E-state index in [9.17, 15) is 0 Å². The molecule has 1 heterocycles. The molecule has 0 bridgehead atoms. The van der Waals surface area contributed by atoms with Crippen molar-refractivity contribution < 1.29 is 4.57 Å². The van der Waals surface area contributed by atoms with E-state index >= 15 is 4.57 Å². The standard InChI is InChI=1S/C28H22NOP/c1-21-17-18-23-20-27(22-11-5-2-6-12-22)29-28(26(23)19-21)31(30,24-13-7-3-8-14-24)25-15-9-4-10-16-25/h2-20H,1H3. The zero-order valence-corrected chi connectivity index (χ0v) is 18.2. The largest absolute Gasteiger partial charge is 0.307 e. The summed E-state index contributed by atoms with van der Waals surface area (Å²) in [6.07, 6.45) is 0. The van der Waals surface area contributed by atoms with E-state index in [0.29, 0.717) is 5.44 Å². The molecule has 0 unspecified atom stereocenters. The van der Waals surface area contributed by atoms with E-state index < -0.39 is 7.14 Å². The highest BCUT2D eigenvalue weighted by Gasteiger charge is 2.33. The fraction of sp³-hybridized carbons (Fsp3) is 0.0357. The minimum Gasteiger partial charge on any atom is -0.307 e. The lowest BCUT2D eigenvalue weighted by atomic mass is 10.1. The van der Waals surface area contributed by atoms with Gasteiger partial charge in [0.2, 0.25) is 0 Å². The second-order valence-electron chi connectivity index (χ2n) is 7.70. The Labute approximate surface area is 182 Å². The maximum atomic E-state index is 15.1. The van der Waals surface area contributed by atoms with Crippen molar-refractivity contribution in [3.63, 3.8) is 0 Å². The number of hydrogen-bond donors (Lipinski definition) is 0. The lowest BCUT2D eigenvalue weighted by molar-refractivity contribution is 0.592. The summed E-state index contributed by atoms with van der Waals surface area (Å²) in [6, 6.07) is 38.0. The minimum absolute atomic E-state index is 0.643. The van der Waals surface area contributed by atoms with Crippen molar-refractivity contribution >= 4 is 34.0 Å². The summed E-state index contributed by atoms with van der Waals surface area (Å²) in [4.78, 5) is 5.07. The van der Waals surface area contributed by atoms with Gasteiger partial charge in [-0.05, 0) is 24.4 Å². The summed E-state index contributed by atoms with van der Waals surface area (Å²) >= 11 is 0. The van der Waals surface area contributed by atoms with Crippen molar-refractivity contribution in [3.8, 4) is 11.3 Å². The molecule has 0 aliphatic rings. The maximum Gasteiger partial charge on any atom is 0.189 e. The quantitative estimate of drug-likeness (QED) is 0.342. The van der Waals surface area contributed by atoms with Crippen molar-refractivity contribution in [2.45, 2.75) is 6.92 Å². The topological polar surface area (TPSA) is 30.0 Å². The first-order chi connectivity index (χ1) is 15.2. The molecule has 0 atom stereocenters. The Morgan fingerprint density at radius 3 is 1.77 bits per heavy atom. The number of pyridine rings is 1. The van der Waals surface area contributed by atoms with Gasteiger partial charge in [-0.15, -0.1) is 0 Å². The summed E-state index contributed by atoms with van der Waals surface area (Å²) < 4.78 is 15.1. The molecule has 0 saturated heterocycles. The highest BCUT2D eigenvalue weighted by molar-refractivity contribution is 7.85. The van der Waals surface area contributed by atoms with Gasteiger partial charge in [-0.3, -0.25) is 0 Å². The third-order valence-electron chi connectivity index (χ3n) is 5.58. The predicted octanol–water partition coefficient (Wildman–Crippen LogP) is 5.85. The molecule has 0 spiro atoms. The molecule has 0 saturated carbocycles. The lowest BCUT2D eigenvalue weighted by Gasteiger charge is -2.22. The first kappa shape index (κ1) is 19.5. The lowest BCUT2D eigenvalue weighted by Crippen LogP contribution is -2.28. The Morgan fingerprint density at radius 2 is 1.19 bits per heavy atom. The number of aromatic nitrogens is 1. The normalized spacial score (nSPS) is 11.5. The van der Waals surface area contributed by atoms with Crippen LogP contribution in [0, 0.1) is 6.92 Å². The van der Waals surface area contributed by atoms with Gasteiger partial charge in [0, 0.05) is 21.6 Å². The van der Waals surface area contributed by atoms with Gasteiger partial charge in [0.05, 0.1) is 5.69 Å². The van der Waals surface area contributed by atoms with Crippen LogP contribution in [0.1, 0.15) is 5.56 Å². The first-order valence-electron chi connectivity index (χ1n) is 10.3. The Bertz CT molecular complexity index is 1350. The molecule has 2 nitrogen and oxygen atoms in total. The second kappa shape index (κ2) is 7.98. The predicted molar refractivity (Wildman–Crippen MR) is 131 cm³/mol. The molecule has 150 valence electrons. The molecule has 0 N–H and O–H groups in total. The molecule has 0 radical (unpaired) electrons. The molecule has 0 aliphatic heterocycles. The molecule has 31 heavy (non-hydrogen) atoms. The van der Waals surface area contributed by atoms with Crippen LogP contribution in [-0.4, -0.2) is 4.98 Å². The minimum atomic E-state index is -3.20. The Balaban J connectivity index is 1.90. The van der Waals surface area contributed by atoms with E-state index in [0.717, 1.165) is 38.2 Å². The summed E-state index contributed by atoms with van der Waals surface area (Å²) in [5, 5.41) is 3.57. The Hall–Kier alpha value is -3.48. The third-order valence-corrected chi connectivity index (χ3v) is 8.56. The summed E-state index contributed by atoms with van der Waals surface area (Å²) in [7, 11) is -3.20. The number of hydrogen-bond acceptors (Lipinski definition) is 2. The van der Waals surface area contributed by atoms with Crippen molar-refractivity contribution in [2.24, 2.45) is 0 Å². The van der Waals surface area contributed by atoms with Crippen molar-refractivity contribution in [2.75, 3.05) is 0 Å². The highest BCUT2D eigenvalue weighted by Crippen LogP contribution is 2.44. The summed E-state index contributed by atoms with van der Waals surface area (Å²) in [6.45, 7) is 2.06. The van der Waals surface area contributed by atoms with E-state index in [-0.39, 0.29) is 0 Å². The highest BCUT2D eigenvalue weighted by atomic mass is 31.2.